The molecule has 0 aliphatic rings. The highest BCUT2D eigenvalue weighted by molar-refractivity contribution is 6.17. The predicted molar refractivity (Wildman–Crippen MR) is 89.8 cm³/mol. The standard InChI is InChI=1S/C19H14N2/c1-21-18-9-5-3-7-13(18)15-10-17-14(11-19(15)21)12-6-2-4-8-16(12)20-17/h2-11,20H,1H3. The van der Waals surface area contributed by atoms with Gasteiger partial charge in [0.25, 0.3) is 0 Å². The lowest BCUT2D eigenvalue weighted by Crippen LogP contribution is -1.85. The molecule has 2 nitrogen and oxygen atoms in total. The van der Waals surface area contributed by atoms with Crippen molar-refractivity contribution in [1.82, 2.24) is 9.55 Å². The van der Waals surface area contributed by atoms with E-state index in [1.165, 1.54) is 43.6 Å². The number of aryl methyl sites for hydroxylation is 1. The van der Waals surface area contributed by atoms with Crippen LogP contribution in [0.5, 0.6) is 0 Å². The van der Waals surface area contributed by atoms with E-state index in [1.807, 2.05) is 0 Å². The van der Waals surface area contributed by atoms with Crippen LogP contribution in [0.15, 0.2) is 60.7 Å². The van der Waals surface area contributed by atoms with Crippen molar-refractivity contribution < 1.29 is 0 Å². The van der Waals surface area contributed by atoms with Crippen molar-refractivity contribution in [3.8, 4) is 0 Å². The number of nitrogens with zero attached hydrogens (tertiary/aromatic N) is 1. The minimum Gasteiger partial charge on any atom is -0.354 e. The number of aromatic amines is 1. The second-order valence-electron chi connectivity index (χ2n) is 5.66. The van der Waals surface area contributed by atoms with Crippen LogP contribution in [-0.4, -0.2) is 9.55 Å². The van der Waals surface area contributed by atoms with Crippen LogP contribution in [0.2, 0.25) is 0 Å². The average molecular weight is 270 g/mol. The van der Waals surface area contributed by atoms with Crippen molar-refractivity contribution in [1.29, 1.82) is 0 Å². The average Bonchev–Trinajstić information content (AvgIpc) is 3.02. The lowest BCUT2D eigenvalue weighted by Gasteiger charge is -1.98. The van der Waals surface area contributed by atoms with Crippen molar-refractivity contribution >= 4 is 43.6 Å². The third-order valence-corrected chi connectivity index (χ3v) is 4.54. The Balaban J connectivity index is 2.08. The molecule has 5 rings (SSSR count). The summed E-state index contributed by atoms with van der Waals surface area (Å²) in [5.41, 5.74) is 4.98. The molecule has 0 saturated heterocycles. The normalized spacial score (nSPS) is 12.0. The summed E-state index contributed by atoms with van der Waals surface area (Å²) in [6.45, 7) is 0. The second kappa shape index (κ2) is 3.67. The third kappa shape index (κ3) is 1.32. The zero-order valence-corrected chi connectivity index (χ0v) is 11.7. The van der Waals surface area contributed by atoms with E-state index in [0.29, 0.717) is 0 Å². The van der Waals surface area contributed by atoms with Gasteiger partial charge in [-0.05, 0) is 24.3 Å². The molecular weight excluding hydrogens is 256 g/mol. The van der Waals surface area contributed by atoms with Gasteiger partial charge in [0.15, 0.2) is 0 Å². The number of hydrogen-bond donors (Lipinski definition) is 1. The Hall–Kier alpha value is -2.74. The molecule has 100 valence electrons. The Morgan fingerprint density at radius 2 is 1.43 bits per heavy atom. The number of hydrogen-bond acceptors (Lipinski definition) is 0. The highest BCUT2D eigenvalue weighted by Crippen LogP contribution is 2.34. The van der Waals surface area contributed by atoms with Crippen molar-refractivity contribution in [2.75, 3.05) is 0 Å². The molecule has 0 atom stereocenters. The van der Waals surface area contributed by atoms with Gasteiger partial charge in [0.1, 0.15) is 0 Å². The summed E-state index contributed by atoms with van der Waals surface area (Å²) in [7, 11) is 2.14. The molecule has 0 aliphatic carbocycles. The van der Waals surface area contributed by atoms with E-state index in [-0.39, 0.29) is 0 Å². The van der Waals surface area contributed by atoms with E-state index < -0.39 is 0 Å². The Morgan fingerprint density at radius 1 is 0.667 bits per heavy atom. The van der Waals surface area contributed by atoms with Crippen LogP contribution >= 0.6 is 0 Å². The first-order valence-corrected chi connectivity index (χ1v) is 7.20. The van der Waals surface area contributed by atoms with Crippen molar-refractivity contribution in [2.45, 2.75) is 0 Å². The zero-order chi connectivity index (χ0) is 14.0. The summed E-state index contributed by atoms with van der Waals surface area (Å²) >= 11 is 0. The first-order valence-electron chi connectivity index (χ1n) is 7.20. The number of aromatic nitrogens is 2. The first-order chi connectivity index (χ1) is 10.3. The van der Waals surface area contributed by atoms with Crippen LogP contribution in [0.3, 0.4) is 0 Å². The summed E-state index contributed by atoms with van der Waals surface area (Å²) in [6.07, 6.45) is 0. The van der Waals surface area contributed by atoms with Gasteiger partial charge in [0, 0.05) is 50.7 Å². The van der Waals surface area contributed by atoms with Gasteiger partial charge in [-0.3, -0.25) is 0 Å². The molecule has 3 aromatic carbocycles. The Morgan fingerprint density at radius 3 is 2.33 bits per heavy atom. The monoisotopic (exact) mass is 270 g/mol. The Kier molecular flexibility index (Phi) is 1.92. The van der Waals surface area contributed by atoms with Gasteiger partial charge in [0.05, 0.1) is 0 Å². The molecule has 5 aromatic rings. The van der Waals surface area contributed by atoms with Crippen molar-refractivity contribution in [3.05, 3.63) is 60.7 Å². The van der Waals surface area contributed by atoms with E-state index in [9.17, 15) is 0 Å². The molecule has 2 heterocycles. The summed E-state index contributed by atoms with van der Waals surface area (Å²) in [6, 6.07) is 21.7. The number of nitrogens with one attached hydrogen (secondary N) is 1. The van der Waals surface area contributed by atoms with Gasteiger partial charge in [-0.2, -0.15) is 0 Å². The summed E-state index contributed by atoms with van der Waals surface area (Å²) in [5, 5.41) is 5.21. The molecule has 0 amide bonds. The maximum Gasteiger partial charge on any atom is 0.0496 e. The van der Waals surface area contributed by atoms with Crippen LogP contribution in [0.1, 0.15) is 0 Å². The predicted octanol–water partition coefficient (Wildman–Crippen LogP) is 4.97. The largest absolute Gasteiger partial charge is 0.354 e. The number of benzene rings is 3. The van der Waals surface area contributed by atoms with Crippen LogP contribution < -0.4 is 0 Å². The van der Waals surface area contributed by atoms with Gasteiger partial charge in [-0.15, -0.1) is 0 Å². The van der Waals surface area contributed by atoms with E-state index in [1.54, 1.807) is 0 Å². The van der Waals surface area contributed by atoms with Gasteiger partial charge in [0.2, 0.25) is 0 Å². The van der Waals surface area contributed by atoms with Crippen LogP contribution in [0.4, 0.5) is 0 Å². The molecule has 0 radical (unpaired) electrons. The second-order valence-corrected chi connectivity index (χ2v) is 5.66. The SMILES string of the molecule is Cn1c2ccccc2c2cc3[nH]c4ccccc4c3cc21. The minimum atomic E-state index is 1.20. The van der Waals surface area contributed by atoms with Crippen LogP contribution in [-0.2, 0) is 7.05 Å². The molecule has 0 aliphatic heterocycles. The lowest BCUT2D eigenvalue weighted by atomic mass is 10.1. The first kappa shape index (κ1) is 11.0. The molecule has 0 fully saturated rings. The molecule has 1 N–H and O–H groups in total. The van der Waals surface area contributed by atoms with Crippen LogP contribution in [0.25, 0.3) is 43.6 Å². The van der Waals surface area contributed by atoms with E-state index in [4.69, 9.17) is 0 Å². The summed E-state index contributed by atoms with van der Waals surface area (Å²) in [4.78, 5) is 3.53. The number of fused-ring (bicyclic) bond motifs is 6. The molecule has 0 bridgehead atoms. The molecule has 2 heteroatoms. The molecular formula is C19H14N2. The van der Waals surface area contributed by atoms with E-state index >= 15 is 0 Å². The lowest BCUT2D eigenvalue weighted by molar-refractivity contribution is 1.02. The highest BCUT2D eigenvalue weighted by atomic mass is 14.9. The highest BCUT2D eigenvalue weighted by Gasteiger charge is 2.11. The number of para-hydroxylation sites is 2. The van der Waals surface area contributed by atoms with Gasteiger partial charge in [-0.25, -0.2) is 0 Å². The summed E-state index contributed by atoms with van der Waals surface area (Å²) < 4.78 is 2.28. The van der Waals surface area contributed by atoms with E-state index in [2.05, 4.69) is 77.3 Å². The van der Waals surface area contributed by atoms with E-state index in [0.717, 1.165) is 0 Å². The molecule has 21 heavy (non-hydrogen) atoms. The number of H-pyrrole nitrogens is 1. The molecule has 2 aromatic heterocycles. The fourth-order valence-electron chi connectivity index (χ4n) is 3.50. The fraction of sp³-hybridized carbons (Fsp3) is 0.0526. The maximum atomic E-state index is 3.53. The van der Waals surface area contributed by atoms with Gasteiger partial charge < -0.3 is 9.55 Å². The molecule has 0 unspecified atom stereocenters. The quantitative estimate of drug-likeness (QED) is 0.410. The number of rotatable bonds is 0. The third-order valence-electron chi connectivity index (χ3n) is 4.54. The Bertz CT molecular complexity index is 1140. The van der Waals surface area contributed by atoms with Crippen molar-refractivity contribution in [2.24, 2.45) is 7.05 Å². The zero-order valence-electron chi connectivity index (χ0n) is 11.7. The molecule has 0 spiro atoms. The van der Waals surface area contributed by atoms with Gasteiger partial charge in [-0.1, -0.05) is 36.4 Å². The molecule has 0 saturated carbocycles. The smallest absolute Gasteiger partial charge is 0.0496 e. The maximum absolute atomic E-state index is 3.53. The van der Waals surface area contributed by atoms with Crippen molar-refractivity contribution in [3.63, 3.8) is 0 Å². The topological polar surface area (TPSA) is 20.7 Å². The van der Waals surface area contributed by atoms with Crippen LogP contribution in [0, 0.1) is 0 Å². The minimum absolute atomic E-state index is 1.20. The van der Waals surface area contributed by atoms with Gasteiger partial charge >= 0.3 is 0 Å². The fourth-order valence-corrected chi connectivity index (χ4v) is 3.50. The summed E-state index contributed by atoms with van der Waals surface area (Å²) in [5.74, 6) is 0. The Labute approximate surface area is 121 Å².